The van der Waals surface area contributed by atoms with Gasteiger partial charge in [-0.1, -0.05) is 30.3 Å². The van der Waals surface area contributed by atoms with Gasteiger partial charge in [0, 0.05) is 32.1 Å². The van der Waals surface area contributed by atoms with Gasteiger partial charge in [-0.25, -0.2) is 0 Å². The number of nitrogens with zero attached hydrogens (tertiary/aromatic N) is 2. The Balaban J connectivity index is 1.81. The van der Waals surface area contributed by atoms with Gasteiger partial charge in [0.25, 0.3) is 0 Å². The summed E-state index contributed by atoms with van der Waals surface area (Å²) in [5.41, 5.74) is 1.41. The SMILES string of the molecule is ClCCCN1CCCN(Cc2ccccc2)C1. The van der Waals surface area contributed by atoms with Crippen LogP contribution in [0, 0.1) is 0 Å². The van der Waals surface area contributed by atoms with Gasteiger partial charge in [-0.2, -0.15) is 0 Å². The molecule has 1 fully saturated rings. The minimum absolute atomic E-state index is 0.773. The van der Waals surface area contributed by atoms with Crippen LogP contribution in [0.5, 0.6) is 0 Å². The zero-order valence-electron chi connectivity index (χ0n) is 10.3. The van der Waals surface area contributed by atoms with Crippen LogP contribution in [0.25, 0.3) is 0 Å². The van der Waals surface area contributed by atoms with E-state index >= 15 is 0 Å². The van der Waals surface area contributed by atoms with Gasteiger partial charge in [0.15, 0.2) is 0 Å². The van der Waals surface area contributed by atoms with Gasteiger partial charge >= 0.3 is 0 Å². The molecule has 0 atom stereocenters. The Bertz CT molecular complexity index is 315. The molecule has 2 rings (SSSR count). The molecule has 0 aliphatic carbocycles. The molecule has 3 heteroatoms. The van der Waals surface area contributed by atoms with Crippen LogP contribution in [0.2, 0.25) is 0 Å². The number of alkyl halides is 1. The Morgan fingerprint density at radius 2 is 1.82 bits per heavy atom. The molecule has 0 unspecified atom stereocenters. The molecule has 0 saturated carbocycles. The van der Waals surface area contributed by atoms with Crippen molar-refractivity contribution in [1.82, 2.24) is 9.80 Å². The van der Waals surface area contributed by atoms with Crippen LogP contribution in [0.15, 0.2) is 30.3 Å². The van der Waals surface area contributed by atoms with Crippen molar-refractivity contribution < 1.29 is 0 Å². The number of benzene rings is 1. The van der Waals surface area contributed by atoms with E-state index in [2.05, 4.69) is 40.1 Å². The van der Waals surface area contributed by atoms with Gasteiger partial charge < -0.3 is 0 Å². The summed E-state index contributed by atoms with van der Waals surface area (Å²) in [5.74, 6) is 0.773. The first-order chi connectivity index (χ1) is 8.38. The summed E-state index contributed by atoms with van der Waals surface area (Å²) in [5, 5.41) is 0. The van der Waals surface area contributed by atoms with Gasteiger partial charge in [0.1, 0.15) is 0 Å². The second-order valence-corrected chi connectivity index (χ2v) is 5.07. The largest absolute Gasteiger partial charge is 0.290 e. The molecule has 0 bridgehead atoms. The van der Waals surface area contributed by atoms with E-state index in [0.717, 1.165) is 32.1 Å². The summed E-state index contributed by atoms with van der Waals surface area (Å²) in [6.07, 6.45) is 2.37. The molecule has 1 saturated heterocycles. The number of hydrogen-bond acceptors (Lipinski definition) is 2. The highest BCUT2D eigenvalue weighted by Crippen LogP contribution is 2.11. The summed E-state index contributed by atoms with van der Waals surface area (Å²) in [4.78, 5) is 5.03. The second-order valence-electron chi connectivity index (χ2n) is 4.69. The van der Waals surface area contributed by atoms with Crippen LogP contribution in [-0.2, 0) is 6.54 Å². The number of rotatable bonds is 5. The quantitative estimate of drug-likeness (QED) is 0.744. The van der Waals surface area contributed by atoms with Gasteiger partial charge in [-0.3, -0.25) is 9.80 Å². The van der Waals surface area contributed by atoms with Crippen molar-refractivity contribution in [2.24, 2.45) is 0 Å². The third-order valence-corrected chi connectivity index (χ3v) is 3.47. The van der Waals surface area contributed by atoms with E-state index in [1.165, 1.54) is 25.1 Å². The third kappa shape index (κ3) is 4.30. The average Bonchev–Trinajstić information content (AvgIpc) is 2.38. The van der Waals surface area contributed by atoms with E-state index < -0.39 is 0 Å². The lowest BCUT2D eigenvalue weighted by atomic mass is 10.2. The Hall–Kier alpha value is -0.570. The summed E-state index contributed by atoms with van der Waals surface area (Å²) >= 11 is 5.75. The maximum absolute atomic E-state index is 5.75. The van der Waals surface area contributed by atoms with E-state index in [1.54, 1.807) is 0 Å². The summed E-state index contributed by atoms with van der Waals surface area (Å²) < 4.78 is 0. The van der Waals surface area contributed by atoms with Crippen LogP contribution in [0.1, 0.15) is 18.4 Å². The molecular formula is C14H21ClN2. The second kappa shape index (κ2) is 7.00. The van der Waals surface area contributed by atoms with Crippen molar-refractivity contribution in [2.75, 3.05) is 32.2 Å². The fourth-order valence-electron chi connectivity index (χ4n) is 2.38. The number of hydrogen-bond donors (Lipinski definition) is 0. The summed E-state index contributed by atoms with van der Waals surface area (Å²) in [7, 11) is 0. The maximum atomic E-state index is 5.75. The van der Waals surface area contributed by atoms with Crippen molar-refractivity contribution in [1.29, 1.82) is 0 Å². The maximum Gasteiger partial charge on any atom is 0.0509 e. The van der Waals surface area contributed by atoms with Crippen molar-refractivity contribution in [3.05, 3.63) is 35.9 Å². The van der Waals surface area contributed by atoms with Crippen LogP contribution >= 0.6 is 11.6 Å². The molecule has 1 aromatic carbocycles. The molecule has 0 spiro atoms. The monoisotopic (exact) mass is 252 g/mol. The Labute approximate surface area is 109 Å². The fraction of sp³-hybridized carbons (Fsp3) is 0.571. The predicted molar refractivity (Wildman–Crippen MR) is 73.2 cm³/mol. The molecular weight excluding hydrogens is 232 g/mol. The predicted octanol–water partition coefficient (Wildman–Crippen LogP) is 2.78. The van der Waals surface area contributed by atoms with Crippen molar-refractivity contribution in [3.8, 4) is 0 Å². The molecule has 0 amide bonds. The molecule has 0 radical (unpaired) electrons. The van der Waals surface area contributed by atoms with Crippen LogP contribution < -0.4 is 0 Å². The highest BCUT2D eigenvalue weighted by molar-refractivity contribution is 6.17. The molecule has 1 heterocycles. The average molecular weight is 253 g/mol. The van der Waals surface area contributed by atoms with E-state index in [-0.39, 0.29) is 0 Å². The Kier molecular flexibility index (Phi) is 5.30. The fourth-order valence-corrected chi connectivity index (χ4v) is 2.50. The van der Waals surface area contributed by atoms with Gasteiger partial charge in [-0.15, -0.1) is 11.6 Å². The summed E-state index contributed by atoms with van der Waals surface area (Å²) in [6.45, 7) is 5.73. The van der Waals surface area contributed by atoms with Crippen molar-refractivity contribution in [3.63, 3.8) is 0 Å². The standard InChI is InChI=1S/C14H21ClN2/c15-8-4-9-16-10-5-11-17(13-16)12-14-6-2-1-3-7-14/h1-3,6-7H,4-5,8-13H2. The normalized spacial score (nSPS) is 18.4. The highest BCUT2D eigenvalue weighted by atomic mass is 35.5. The first kappa shape index (κ1) is 12.9. The lowest BCUT2D eigenvalue weighted by Gasteiger charge is -2.35. The molecule has 0 aromatic heterocycles. The molecule has 2 nitrogen and oxygen atoms in total. The molecule has 17 heavy (non-hydrogen) atoms. The van der Waals surface area contributed by atoms with Crippen molar-refractivity contribution in [2.45, 2.75) is 19.4 Å². The van der Waals surface area contributed by atoms with Crippen LogP contribution in [0.4, 0.5) is 0 Å². The molecule has 1 aromatic rings. The van der Waals surface area contributed by atoms with E-state index in [1.807, 2.05) is 0 Å². The van der Waals surface area contributed by atoms with Crippen LogP contribution in [-0.4, -0.2) is 42.0 Å². The topological polar surface area (TPSA) is 6.48 Å². The number of halogens is 1. The molecule has 1 aliphatic heterocycles. The first-order valence-electron chi connectivity index (χ1n) is 6.43. The van der Waals surface area contributed by atoms with E-state index in [4.69, 9.17) is 11.6 Å². The Morgan fingerprint density at radius 3 is 2.59 bits per heavy atom. The van der Waals surface area contributed by atoms with E-state index in [9.17, 15) is 0 Å². The first-order valence-corrected chi connectivity index (χ1v) is 6.96. The molecule has 94 valence electrons. The van der Waals surface area contributed by atoms with Crippen molar-refractivity contribution >= 4 is 11.6 Å². The smallest absolute Gasteiger partial charge is 0.0509 e. The summed E-state index contributed by atoms with van der Waals surface area (Å²) in [6, 6.07) is 10.7. The van der Waals surface area contributed by atoms with E-state index in [0.29, 0.717) is 0 Å². The minimum atomic E-state index is 0.773. The molecule has 1 aliphatic rings. The van der Waals surface area contributed by atoms with Crippen LogP contribution in [0.3, 0.4) is 0 Å². The van der Waals surface area contributed by atoms with Gasteiger partial charge in [0.2, 0.25) is 0 Å². The zero-order chi connectivity index (χ0) is 11.9. The lowest BCUT2D eigenvalue weighted by Crippen LogP contribution is -2.44. The van der Waals surface area contributed by atoms with Gasteiger partial charge in [0.05, 0.1) is 6.67 Å². The highest BCUT2D eigenvalue weighted by Gasteiger charge is 2.16. The Morgan fingerprint density at radius 1 is 1.06 bits per heavy atom. The molecule has 0 N–H and O–H groups in total. The van der Waals surface area contributed by atoms with Gasteiger partial charge in [-0.05, 0) is 18.4 Å². The minimum Gasteiger partial charge on any atom is -0.290 e. The lowest BCUT2D eigenvalue weighted by molar-refractivity contribution is 0.0805. The zero-order valence-corrected chi connectivity index (χ0v) is 11.1. The third-order valence-electron chi connectivity index (χ3n) is 3.21.